The predicted molar refractivity (Wildman–Crippen MR) is 41.3 cm³/mol. The van der Waals surface area contributed by atoms with E-state index in [1.807, 2.05) is 0 Å². The molecule has 6 nitrogen and oxygen atoms in total. The summed E-state index contributed by atoms with van der Waals surface area (Å²) in [7, 11) is 0. The Morgan fingerprint density at radius 3 is 3.17 bits per heavy atom. The third kappa shape index (κ3) is 1.02. The van der Waals surface area contributed by atoms with E-state index in [1.165, 1.54) is 0 Å². The molecule has 0 spiro atoms. The fourth-order valence-corrected chi connectivity index (χ4v) is 1.04. The molecule has 0 saturated carbocycles. The van der Waals surface area contributed by atoms with Crippen molar-refractivity contribution in [3.05, 3.63) is 18.1 Å². The van der Waals surface area contributed by atoms with Crippen molar-refractivity contribution < 1.29 is 0 Å². The van der Waals surface area contributed by atoms with E-state index in [0.29, 0.717) is 12.2 Å². The maximum atomic E-state index is 5.41. The van der Waals surface area contributed by atoms with Gasteiger partial charge in [0.1, 0.15) is 0 Å². The van der Waals surface area contributed by atoms with E-state index >= 15 is 0 Å². The molecule has 0 aliphatic carbocycles. The number of hydrogen-bond donors (Lipinski definition) is 1. The Morgan fingerprint density at radius 2 is 2.33 bits per heavy atom. The zero-order valence-electron chi connectivity index (χ0n) is 6.38. The molecule has 2 aromatic rings. The molecule has 2 N–H and O–H groups in total. The van der Waals surface area contributed by atoms with Gasteiger partial charge in [-0.15, -0.1) is 5.10 Å². The Hall–Kier alpha value is -1.56. The Bertz CT molecular complexity index is 380. The van der Waals surface area contributed by atoms with Crippen LogP contribution in [0.4, 0.5) is 0 Å². The first-order chi connectivity index (χ1) is 5.92. The molecule has 0 bridgehead atoms. The molecule has 0 amide bonds. The second-order valence-corrected chi connectivity index (χ2v) is 2.39. The molecule has 62 valence electrons. The summed E-state index contributed by atoms with van der Waals surface area (Å²) in [5, 5.41) is 11.1. The van der Waals surface area contributed by atoms with Gasteiger partial charge >= 0.3 is 0 Å². The molecule has 0 atom stereocenters. The van der Waals surface area contributed by atoms with Crippen molar-refractivity contribution in [1.29, 1.82) is 0 Å². The molecule has 0 unspecified atom stereocenters. The molecule has 2 aromatic heterocycles. The highest BCUT2D eigenvalue weighted by molar-refractivity contribution is 5.32. The summed E-state index contributed by atoms with van der Waals surface area (Å²) in [6.45, 7) is 0.570. The molecule has 2 rings (SSSR count). The van der Waals surface area contributed by atoms with Crippen LogP contribution in [-0.2, 0) is 6.42 Å². The monoisotopic (exact) mass is 164 g/mol. The standard InChI is InChI=1S/C6H8N6/c7-2-1-5-3-8-4-6-9-10-11-12(5)6/h3-4H,1-2,7H2. The molecular formula is C6H8N6. The highest BCUT2D eigenvalue weighted by Crippen LogP contribution is 1.99. The molecule has 0 aliphatic heterocycles. The Morgan fingerprint density at radius 1 is 1.42 bits per heavy atom. The second-order valence-electron chi connectivity index (χ2n) is 2.39. The number of aromatic nitrogens is 5. The van der Waals surface area contributed by atoms with Gasteiger partial charge in [-0.2, -0.15) is 4.52 Å². The largest absolute Gasteiger partial charge is 0.330 e. The number of rotatable bonds is 2. The summed E-state index contributed by atoms with van der Waals surface area (Å²) < 4.78 is 1.64. The summed E-state index contributed by atoms with van der Waals surface area (Å²) in [6.07, 6.45) is 4.06. The Kier molecular flexibility index (Phi) is 1.67. The van der Waals surface area contributed by atoms with Crippen molar-refractivity contribution in [2.75, 3.05) is 6.54 Å². The summed E-state index contributed by atoms with van der Waals surface area (Å²) in [5.41, 5.74) is 6.99. The third-order valence-corrected chi connectivity index (χ3v) is 1.58. The normalized spacial score (nSPS) is 10.8. The third-order valence-electron chi connectivity index (χ3n) is 1.58. The van der Waals surface area contributed by atoms with Gasteiger partial charge in [-0.05, 0) is 17.0 Å². The first-order valence-corrected chi connectivity index (χ1v) is 3.63. The minimum Gasteiger partial charge on any atom is -0.330 e. The van der Waals surface area contributed by atoms with Crippen LogP contribution in [0.1, 0.15) is 5.69 Å². The van der Waals surface area contributed by atoms with Gasteiger partial charge in [-0.1, -0.05) is 0 Å². The van der Waals surface area contributed by atoms with Gasteiger partial charge in [-0.3, -0.25) is 4.98 Å². The van der Waals surface area contributed by atoms with Gasteiger partial charge < -0.3 is 5.73 Å². The van der Waals surface area contributed by atoms with Crippen LogP contribution in [0.2, 0.25) is 0 Å². The van der Waals surface area contributed by atoms with Gasteiger partial charge in [-0.25, -0.2) is 0 Å². The molecule has 0 aromatic carbocycles. The van der Waals surface area contributed by atoms with E-state index < -0.39 is 0 Å². The summed E-state index contributed by atoms with van der Waals surface area (Å²) >= 11 is 0. The van der Waals surface area contributed by atoms with Gasteiger partial charge in [0.05, 0.1) is 11.9 Å². The van der Waals surface area contributed by atoms with E-state index in [1.54, 1.807) is 16.9 Å². The van der Waals surface area contributed by atoms with Crippen LogP contribution >= 0.6 is 0 Å². The van der Waals surface area contributed by atoms with E-state index in [4.69, 9.17) is 5.73 Å². The van der Waals surface area contributed by atoms with Crippen LogP contribution in [0, 0.1) is 0 Å². The number of tetrazole rings is 1. The molecule has 12 heavy (non-hydrogen) atoms. The first-order valence-electron chi connectivity index (χ1n) is 3.63. The topological polar surface area (TPSA) is 82.0 Å². The summed E-state index contributed by atoms with van der Waals surface area (Å²) in [5.74, 6) is 0. The number of fused-ring (bicyclic) bond motifs is 1. The maximum absolute atomic E-state index is 5.41. The molecule has 0 fully saturated rings. The van der Waals surface area contributed by atoms with Gasteiger partial charge in [0.15, 0.2) is 5.65 Å². The van der Waals surface area contributed by atoms with Crippen LogP contribution in [-0.4, -0.2) is 31.6 Å². The Labute approximate surface area is 68.4 Å². The molecule has 6 heteroatoms. The van der Waals surface area contributed by atoms with Crippen molar-refractivity contribution in [2.45, 2.75) is 6.42 Å². The lowest BCUT2D eigenvalue weighted by molar-refractivity contribution is 0.762. The Balaban J connectivity index is 2.57. The first kappa shape index (κ1) is 7.11. The lowest BCUT2D eigenvalue weighted by Gasteiger charge is -1.98. The van der Waals surface area contributed by atoms with Crippen molar-refractivity contribution in [1.82, 2.24) is 25.0 Å². The van der Waals surface area contributed by atoms with Crippen LogP contribution in [0.15, 0.2) is 12.4 Å². The minimum absolute atomic E-state index is 0.570. The van der Waals surface area contributed by atoms with Crippen molar-refractivity contribution in [3.8, 4) is 0 Å². The van der Waals surface area contributed by atoms with Crippen molar-refractivity contribution in [3.63, 3.8) is 0 Å². The van der Waals surface area contributed by atoms with E-state index in [0.717, 1.165) is 12.1 Å². The van der Waals surface area contributed by atoms with Crippen LogP contribution < -0.4 is 5.73 Å². The lowest BCUT2D eigenvalue weighted by Crippen LogP contribution is -2.08. The number of nitrogens with zero attached hydrogens (tertiary/aromatic N) is 5. The van der Waals surface area contributed by atoms with Crippen LogP contribution in [0.5, 0.6) is 0 Å². The smallest absolute Gasteiger partial charge is 0.197 e. The fourth-order valence-electron chi connectivity index (χ4n) is 1.04. The maximum Gasteiger partial charge on any atom is 0.197 e. The average molecular weight is 164 g/mol. The molecule has 0 aliphatic rings. The quantitative estimate of drug-likeness (QED) is 0.617. The lowest BCUT2D eigenvalue weighted by atomic mass is 10.3. The fraction of sp³-hybridized carbons (Fsp3) is 0.333. The molecule has 0 saturated heterocycles. The molecule has 0 radical (unpaired) electrons. The number of nitrogens with two attached hydrogens (primary N) is 1. The second kappa shape index (κ2) is 2.82. The SMILES string of the molecule is NCCc1cncc2nnnn12. The van der Waals surface area contributed by atoms with Gasteiger partial charge in [0.2, 0.25) is 0 Å². The predicted octanol–water partition coefficient (Wildman–Crippen LogP) is -0.980. The molecule has 2 heterocycles. The van der Waals surface area contributed by atoms with E-state index in [9.17, 15) is 0 Å². The average Bonchev–Trinajstić information content (AvgIpc) is 2.53. The number of hydrogen-bond acceptors (Lipinski definition) is 5. The minimum atomic E-state index is 0.570. The highest BCUT2D eigenvalue weighted by Gasteiger charge is 2.01. The van der Waals surface area contributed by atoms with E-state index in [-0.39, 0.29) is 0 Å². The summed E-state index contributed by atoms with van der Waals surface area (Å²) in [4.78, 5) is 3.98. The van der Waals surface area contributed by atoms with Crippen LogP contribution in [0.3, 0.4) is 0 Å². The van der Waals surface area contributed by atoms with Crippen molar-refractivity contribution in [2.24, 2.45) is 5.73 Å². The highest BCUT2D eigenvalue weighted by atomic mass is 15.5. The van der Waals surface area contributed by atoms with Crippen LogP contribution in [0.25, 0.3) is 5.65 Å². The zero-order chi connectivity index (χ0) is 8.39. The summed E-state index contributed by atoms with van der Waals surface area (Å²) in [6, 6.07) is 0. The zero-order valence-corrected chi connectivity index (χ0v) is 6.38. The van der Waals surface area contributed by atoms with Gasteiger partial charge in [0, 0.05) is 12.6 Å². The van der Waals surface area contributed by atoms with Crippen molar-refractivity contribution >= 4 is 5.65 Å². The molecular weight excluding hydrogens is 156 g/mol. The van der Waals surface area contributed by atoms with E-state index in [2.05, 4.69) is 20.5 Å². The van der Waals surface area contributed by atoms with Gasteiger partial charge in [0.25, 0.3) is 0 Å².